The number of carbonyl (C=O) groups excluding carboxylic acids is 1. The molecule has 1 fully saturated rings. The van der Waals surface area contributed by atoms with Crippen molar-refractivity contribution in [1.29, 1.82) is 0 Å². The van der Waals surface area contributed by atoms with Crippen molar-refractivity contribution in [2.45, 2.75) is 57.4 Å². The summed E-state index contributed by atoms with van der Waals surface area (Å²) < 4.78 is 0. The maximum atomic E-state index is 11.7. The van der Waals surface area contributed by atoms with E-state index in [1.54, 1.807) is 0 Å². The predicted molar refractivity (Wildman–Crippen MR) is 69.0 cm³/mol. The smallest absolute Gasteiger partial charge is 0.308 e. The minimum absolute atomic E-state index is 0.0131. The molecule has 0 bridgehead atoms. The minimum Gasteiger partial charge on any atom is -0.481 e. The fourth-order valence-corrected chi connectivity index (χ4v) is 2.49. The van der Waals surface area contributed by atoms with Crippen molar-refractivity contribution in [3.8, 4) is 0 Å². The third kappa shape index (κ3) is 5.04. The van der Waals surface area contributed by atoms with Crippen LogP contribution in [0.3, 0.4) is 0 Å². The van der Waals surface area contributed by atoms with E-state index in [1.165, 1.54) is 0 Å². The quantitative estimate of drug-likeness (QED) is 0.570. The van der Waals surface area contributed by atoms with Crippen molar-refractivity contribution in [2.24, 2.45) is 11.7 Å². The molecule has 0 saturated heterocycles. The van der Waals surface area contributed by atoms with Gasteiger partial charge in [0.05, 0.1) is 5.92 Å². The van der Waals surface area contributed by atoms with Crippen LogP contribution in [0.1, 0.15) is 51.4 Å². The van der Waals surface area contributed by atoms with Crippen molar-refractivity contribution < 1.29 is 14.7 Å². The number of carboxylic acids is 1. The highest BCUT2D eigenvalue weighted by Gasteiger charge is 2.33. The van der Waals surface area contributed by atoms with Crippen LogP contribution in [0.25, 0.3) is 0 Å². The highest BCUT2D eigenvalue weighted by molar-refractivity contribution is 5.78. The monoisotopic (exact) mass is 256 g/mol. The van der Waals surface area contributed by atoms with Crippen LogP contribution in [-0.4, -0.2) is 29.6 Å². The van der Waals surface area contributed by atoms with E-state index < -0.39 is 11.9 Å². The molecule has 1 saturated carbocycles. The summed E-state index contributed by atoms with van der Waals surface area (Å²) in [5.74, 6) is -1.20. The topological polar surface area (TPSA) is 92.4 Å². The standard InChI is InChI=1S/C13H24N2O3/c14-9-4-2-1-3-8-12(16)15-11-7-5-6-10(11)13(17)18/h10-11H,1-9,14H2,(H,15,16)(H,17,18). The average molecular weight is 256 g/mol. The summed E-state index contributed by atoms with van der Waals surface area (Å²) in [6.45, 7) is 0.703. The first-order valence-corrected chi connectivity index (χ1v) is 6.87. The molecule has 0 aromatic rings. The summed E-state index contributed by atoms with van der Waals surface area (Å²) in [5, 5.41) is 11.9. The molecule has 0 aromatic carbocycles. The lowest BCUT2D eigenvalue weighted by Crippen LogP contribution is -2.40. The summed E-state index contributed by atoms with van der Waals surface area (Å²) in [7, 11) is 0. The number of carboxylic acid groups (broad SMARTS) is 1. The summed E-state index contributed by atoms with van der Waals surface area (Å²) in [6, 6.07) is -0.168. The number of aliphatic carboxylic acids is 1. The number of nitrogens with two attached hydrogens (primary N) is 1. The van der Waals surface area contributed by atoms with E-state index in [0.29, 0.717) is 19.4 Å². The first-order valence-electron chi connectivity index (χ1n) is 6.87. The molecule has 2 atom stereocenters. The van der Waals surface area contributed by atoms with Gasteiger partial charge in [-0.2, -0.15) is 0 Å². The molecule has 4 N–H and O–H groups in total. The molecule has 1 aliphatic carbocycles. The van der Waals surface area contributed by atoms with Crippen LogP contribution in [0.15, 0.2) is 0 Å². The van der Waals surface area contributed by atoms with Gasteiger partial charge < -0.3 is 16.2 Å². The van der Waals surface area contributed by atoms with E-state index in [-0.39, 0.29) is 11.9 Å². The highest BCUT2D eigenvalue weighted by atomic mass is 16.4. The number of unbranched alkanes of at least 4 members (excludes halogenated alkanes) is 3. The fourth-order valence-electron chi connectivity index (χ4n) is 2.49. The van der Waals surface area contributed by atoms with Gasteiger partial charge in [-0.15, -0.1) is 0 Å². The zero-order valence-electron chi connectivity index (χ0n) is 10.9. The van der Waals surface area contributed by atoms with Gasteiger partial charge in [-0.1, -0.05) is 19.3 Å². The molecule has 2 unspecified atom stereocenters. The van der Waals surface area contributed by atoms with E-state index in [0.717, 1.165) is 38.5 Å². The van der Waals surface area contributed by atoms with Crippen LogP contribution in [-0.2, 0) is 9.59 Å². The molecule has 0 aliphatic heterocycles. The molecular weight excluding hydrogens is 232 g/mol. The van der Waals surface area contributed by atoms with Crippen molar-refractivity contribution >= 4 is 11.9 Å². The second-order valence-corrected chi connectivity index (χ2v) is 5.00. The summed E-state index contributed by atoms with van der Waals surface area (Å²) in [6.07, 6.45) is 6.78. The van der Waals surface area contributed by atoms with Gasteiger partial charge in [0.2, 0.25) is 5.91 Å². The van der Waals surface area contributed by atoms with Gasteiger partial charge in [0.15, 0.2) is 0 Å². The molecule has 0 heterocycles. The zero-order chi connectivity index (χ0) is 13.4. The van der Waals surface area contributed by atoms with Gasteiger partial charge in [-0.05, 0) is 32.2 Å². The molecule has 1 aliphatic rings. The van der Waals surface area contributed by atoms with Crippen molar-refractivity contribution in [2.75, 3.05) is 6.54 Å². The number of hydrogen-bond donors (Lipinski definition) is 3. The van der Waals surface area contributed by atoms with Crippen molar-refractivity contribution in [3.05, 3.63) is 0 Å². The lowest BCUT2D eigenvalue weighted by molar-refractivity contribution is -0.142. The normalized spacial score (nSPS) is 22.9. The van der Waals surface area contributed by atoms with Gasteiger partial charge in [-0.3, -0.25) is 9.59 Å². The number of nitrogens with one attached hydrogen (secondary N) is 1. The Bertz CT molecular complexity index is 281. The SMILES string of the molecule is NCCCCCCC(=O)NC1CCCC1C(=O)O. The van der Waals surface area contributed by atoms with E-state index in [2.05, 4.69) is 5.32 Å². The molecule has 0 spiro atoms. The van der Waals surface area contributed by atoms with Crippen LogP contribution in [0, 0.1) is 5.92 Å². The lowest BCUT2D eigenvalue weighted by atomic mass is 10.0. The van der Waals surface area contributed by atoms with Crippen molar-refractivity contribution in [1.82, 2.24) is 5.32 Å². The first-order chi connectivity index (χ1) is 8.65. The Morgan fingerprint density at radius 2 is 1.89 bits per heavy atom. The molecule has 104 valence electrons. The molecular formula is C13H24N2O3. The van der Waals surface area contributed by atoms with Crippen LogP contribution in [0.5, 0.6) is 0 Å². The molecule has 18 heavy (non-hydrogen) atoms. The average Bonchev–Trinajstić information content (AvgIpc) is 2.77. The Hall–Kier alpha value is -1.10. The van der Waals surface area contributed by atoms with E-state index >= 15 is 0 Å². The van der Waals surface area contributed by atoms with Gasteiger partial charge in [0.25, 0.3) is 0 Å². The summed E-state index contributed by atoms with van der Waals surface area (Å²) in [5.41, 5.74) is 5.39. The zero-order valence-corrected chi connectivity index (χ0v) is 10.9. The maximum Gasteiger partial charge on any atom is 0.308 e. The van der Waals surface area contributed by atoms with E-state index in [1.807, 2.05) is 0 Å². The number of rotatable bonds is 8. The molecule has 5 heteroatoms. The van der Waals surface area contributed by atoms with Gasteiger partial charge in [-0.25, -0.2) is 0 Å². The Balaban J connectivity index is 2.17. The van der Waals surface area contributed by atoms with Crippen LogP contribution >= 0.6 is 0 Å². The molecule has 1 amide bonds. The van der Waals surface area contributed by atoms with Crippen molar-refractivity contribution in [3.63, 3.8) is 0 Å². The Kier molecular flexibility index (Phi) is 6.72. The Morgan fingerprint density at radius 3 is 2.56 bits per heavy atom. The second kappa shape index (κ2) is 8.08. The number of carbonyl (C=O) groups is 2. The Labute approximate surface area is 108 Å². The molecule has 0 radical (unpaired) electrons. The number of hydrogen-bond acceptors (Lipinski definition) is 3. The van der Waals surface area contributed by atoms with E-state index in [4.69, 9.17) is 10.8 Å². The third-order valence-electron chi connectivity index (χ3n) is 3.54. The fraction of sp³-hybridized carbons (Fsp3) is 0.846. The van der Waals surface area contributed by atoms with E-state index in [9.17, 15) is 9.59 Å². The third-order valence-corrected chi connectivity index (χ3v) is 3.54. The van der Waals surface area contributed by atoms with Crippen LogP contribution < -0.4 is 11.1 Å². The van der Waals surface area contributed by atoms with Crippen LogP contribution in [0.4, 0.5) is 0 Å². The minimum atomic E-state index is -0.791. The first kappa shape index (κ1) is 15.0. The predicted octanol–water partition coefficient (Wildman–Crippen LogP) is 1.27. The number of amides is 1. The lowest BCUT2D eigenvalue weighted by Gasteiger charge is -2.17. The molecule has 1 rings (SSSR count). The van der Waals surface area contributed by atoms with Gasteiger partial charge in [0.1, 0.15) is 0 Å². The summed E-state index contributed by atoms with van der Waals surface area (Å²) >= 11 is 0. The second-order valence-electron chi connectivity index (χ2n) is 5.00. The molecule has 0 aromatic heterocycles. The van der Waals surface area contributed by atoms with Gasteiger partial charge in [0, 0.05) is 12.5 Å². The Morgan fingerprint density at radius 1 is 1.17 bits per heavy atom. The van der Waals surface area contributed by atoms with Gasteiger partial charge >= 0.3 is 5.97 Å². The largest absolute Gasteiger partial charge is 0.481 e. The summed E-state index contributed by atoms with van der Waals surface area (Å²) in [4.78, 5) is 22.6. The highest BCUT2D eigenvalue weighted by Crippen LogP contribution is 2.25. The maximum absolute atomic E-state index is 11.7. The van der Waals surface area contributed by atoms with Crippen LogP contribution in [0.2, 0.25) is 0 Å². The molecule has 5 nitrogen and oxygen atoms in total.